The van der Waals surface area contributed by atoms with E-state index in [0.29, 0.717) is 0 Å². The van der Waals surface area contributed by atoms with E-state index in [1.54, 1.807) is 0 Å². The molecule has 3 heteroatoms. The van der Waals surface area contributed by atoms with Crippen molar-refractivity contribution in [2.45, 2.75) is 19.3 Å². The maximum Gasteiger partial charge on any atom is 0.136 e. The van der Waals surface area contributed by atoms with Gasteiger partial charge < -0.3 is 13.7 Å². The number of para-hydroxylation sites is 2. The fraction of sp³-hybridized carbons (Fsp3) is 0.0545. The lowest BCUT2D eigenvalue weighted by Gasteiger charge is -2.30. The van der Waals surface area contributed by atoms with Crippen LogP contribution in [0.5, 0.6) is 0 Å². The minimum atomic E-state index is -0.142. The average molecular weight is 744 g/mol. The van der Waals surface area contributed by atoms with Crippen LogP contribution in [0.25, 0.3) is 88.0 Å². The van der Waals surface area contributed by atoms with Crippen LogP contribution < -0.4 is 4.90 Å². The second-order valence-electron chi connectivity index (χ2n) is 16.1. The SMILES string of the molecule is CC1(C)c2ccccc2-c2ccc(N(c3ccc(-c4ccc5oc6ccccc6c5c4)cc3)c3ccccc3-c3cccc4oc5cc6ccccc6cc5c34)cc21. The van der Waals surface area contributed by atoms with Crippen LogP contribution in [0.15, 0.2) is 197 Å². The van der Waals surface area contributed by atoms with Gasteiger partial charge in [-0.3, -0.25) is 0 Å². The van der Waals surface area contributed by atoms with Crippen molar-refractivity contribution in [3.8, 4) is 33.4 Å². The molecule has 0 spiro atoms. The molecule has 0 amide bonds. The van der Waals surface area contributed by atoms with Crippen LogP contribution in [-0.2, 0) is 5.41 Å². The molecule has 58 heavy (non-hydrogen) atoms. The minimum absolute atomic E-state index is 0.142. The Morgan fingerprint density at radius 3 is 1.90 bits per heavy atom. The van der Waals surface area contributed by atoms with E-state index >= 15 is 0 Å². The molecular formula is C55H37NO2. The number of rotatable bonds is 5. The topological polar surface area (TPSA) is 29.5 Å². The molecule has 0 aliphatic heterocycles. The van der Waals surface area contributed by atoms with Gasteiger partial charge in [-0.1, -0.05) is 135 Å². The van der Waals surface area contributed by atoms with E-state index in [1.165, 1.54) is 33.0 Å². The van der Waals surface area contributed by atoms with Crippen molar-refractivity contribution >= 4 is 71.7 Å². The molecule has 1 aliphatic rings. The summed E-state index contributed by atoms with van der Waals surface area (Å²) >= 11 is 0. The molecule has 0 bridgehead atoms. The van der Waals surface area contributed by atoms with E-state index in [0.717, 1.165) is 83.2 Å². The van der Waals surface area contributed by atoms with Crippen LogP contribution in [0.1, 0.15) is 25.0 Å². The molecule has 3 nitrogen and oxygen atoms in total. The predicted molar refractivity (Wildman–Crippen MR) is 242 cm³/mol. The van der Waals surface area contributed by atoms with Crippen molar-refractivity contribution in [3.63, 3.8) is 0 Å². The van der Waals surface area contributed by atoms with Gasteiger partial charge in [0, 0.05) is 43.9 Å². The fourth-order valence-electron chi connectivity index (χ4n) is 9.60. The molecule has 11 aromatic rings. The normalized spacial score (nSPS) is 13.1. The first-order chi connectivity index (χ1) is 28.5. The van der Waals surface area contributed by atoms with Crippen molar-refractivity contribution in [1.82, 2.24) is 0 Å². The highest BCUT2D eigenvalue weighted by Gasteiger charge is 2.36. The van der Waals surface area contributed by atoms with Gasteiger partial charge in [0.25, 0.3) is 0 Å². The Morgan fingerprint density at radius 1 is 0.379 bits per heavy atom. The maximum atomic E-state index is 6.58. The van der Waals surface area contributed by atoms with E-state index in [-0.39, 0.29) is 5.41 Å². The van der Waals surface area contributed by atoms with Gasteiger partial charge in [-0.2, -0.15) is 0 Å². The Kier molecular flexibility index (Phi) is 6.98. The Labute approximate surface area is 336 Å². The summed E-state index contributed by atoms with van der Waals surface area (Å²) in [5.74, 6) is 0. The third-order valence-electron chi connectivity index (χ3n) is 12.5. The first-order valence-corrected chi connectivity index (χ1v) is 20.0. The van der Waals surface area contributed by atoms with E-state index in [9.17, 15) is 0 Å². The number of fused-ring (bicyclic) bond motifs is 10. The molecule has 0 saturated heterocycles. The van der Waals surface area contributed by atoms with Gasteiger partial charge in [0.1, 0.15) is 22.3 Å². The van der Waals surface area contributed by atoms with Crippen molar-refractivity contribution in [3.05, 3.63) is 199 Å². The standard InChI is InChI=1S/C55H37NO2/c1-55(2)47-18-8-5-14-40(47)41-28-27-39(33-48(41)55)56(38-25-22-34(23-26-38)37-24-29-51-45(30-37)43-16-7-10-20-50(43)57-51)49-19-9-6-15-42(49)44-17-11-21-52-54(44)46-31-35-12-3-4-13-36(35)32-53(46)58-52/h3-33H,1-2H3. The van der Waals surface area contributed by atoms with Gasteiger partial charge in [0.15, 0.2) is 0 Å². The third kappa shape index (κ3) is 4.86. The molecule has 2 heterocycles. The molecule has 12 rings (SSSR count). The average Bonchev–Trinajstić information content (AvgIpc) is 3.90. The number of benzene rings is 9. The number of furan rings is 2. The van der Waals surface area contributed by atoms with Crippen LogP contribution in [0.4, 0.5) is 17.1 Å². The van der Waals surface area contributed by atoms with Gasteiger partial charge in [-0.25, -0.2) is 0 Å². The summed E-state index contributed by atoms with van der Waals surface area (Å²) in [6.07, 6.45) is 0. The third-order valence-corrected chi connectivity index (χ3v) is 12.5. The molecule has 0 unspecified atom stereocenters. The lowest BCUT2D eigenvalue weighted by Crippen LogP contribution is -2.16. The molecule has 2 aromatic heterocycles. The van der Waals surface area contributed by atoms with Gasteiger partial charge >= 0.3 is 0 Å². The van der Waals surface area contributed by atoms with Crippen LogP contribution >= 0.6 is 0 Å². The highest BCUT2D eigenvalue weighted by molar-refractivity contribution is 6.16. The Hall–Kier alpha value is -7.36. The van der Waals surface area contributed by atoms with Gasteiger partial charge in [0.2, 0.25) is 0 Å². The smallest absolute Gasteiger partial charge is 0.136 e. The van der Waals surface area contributed by atoms with Crippen LogP contribution in [0, 0.1) is 0 Å². The molecule has 0 N–H and O–H groups in total. The van der Waals surface area contributed by atoms with Crippen molar-refractivity contribution < 1.29 is 8.83 Å². The summed E-state index contributed by atoms with van der Waals surface area (Å²) < 4.78 is 12.7. The van der Waals surface area contributed by atoms with Crippen molar-refractivity contribution in [1.29, 1.82) is 0 Å². The summed E-state index contributed by atoms with van der Waals surface area (Å²) in [4.78, 5) is 2.43. The number of anilines is 3. The Balaban J connectivity index is 1.05. The molecule has 9 aromatic carbocycles. The summed E-state index contributed by atoms with van der Waals surface area (Å²) in [5, 5.41) is 6.88. The second kappa shape index (κ2) is 12.3. The minimum Gasteiger partial charge on any atom is -0.456 e. The zero-order chi connectivity index (χ0) is 38.5. The highest BCUT2D eigenvalue weighted by atomic mass is 16.3. The van der Waals surface area contributed by atoms with Crippen LogP contribution in [0.2, 0.25) is 0 Å². The number of hydrogen-bond acceptors (Lipinski definition) is 3. The zero-order valence-electron chi connectivity index (χ0n) is 32.2. The quantitative estimate of drug-likeness (QED) is 0.176. The van der Waals surface area contributed by atoms with Gasteiger partial charge in [-0.15, -0.1) is 0 Å². The number of nitrogens with zero attached hydrogens (tertiary/aromatic N) is 1. The summed E-state index contributed by atoms with van der Waals surface area (Å²) in [5.41, 5.74) is 16.6. The molecule has 1 aliphatic carbocycles. The summed E-state index contributed by atoms with van der Waals surface area (Å²) in [7, 11) is 0. The monoisotopic (exact) mass is 743 g/mol. The van der Waals surface area contributed by atoms with Crippen LogP contribution in [-0.4, -0.2) is 0 Å². The second-order valence-corrected chi connectivity index (χ2v) is 16.1. The van der Waals surface area contributed by atoms with Gasteiger partial charge in [-0.05, 0) is 116 Å². The Bertz CT molecular complexity index is 3440. The van der Waals surface area contributed by atoms with E-state index in [2.05, 4.69) is 195 Å². The van der Waals surface area contributed by atoms with E-state index in [1.807, 2.05) is 12.1 Å². The van der Waals surface area contributed by atoms with Crippen molar-refractivity contribution in [2.24, 2.45) is 0 Å². The van der Waals surface area contributed by atoms with Crippen molar-refractivity contribution in [2.75, 3.05) is 4.90 Å². The molecule has 0 radical (unpaired) electrons. The van der Waals surface area contributed by atoms with E-state index in [4.69, 9.17) is 8.83 Å². The Morgan fingerprint density at radius 2 is 1.02 bits per heavy atom. The summed E-state index contributed by atoms with van der Waals surface area (Å²) in [6.45, 7) is 4.70. The number of hydrogen-bond donors (Lipinski definition) is 0. The lowest BCUT2D eigenvalue weighted by atomic mass is 9.82. The molecule has 0 atom stereocenters. The largest absolute Gasteiger partial charge is 0.456 e. The first kappa shape index (κ1) is 32.8. The van der Waals surface area contributed by atoms with E-state index < -0.39 is 0 Å². The zero-order valence-corrected chi connectivity index (χ0v) is 32.2. The summed E-state index contributed by atoms with van der Waals surface area (Å²) in [6, 6.07) is 67.9. The van der Waals surface area contributed by atoms with Gasteiger partial charge in [0.05, 0.1) is 5.69 Å². The van der Waals surface area contributed by atoms with Crippen LogP contribution in [0.3, 0.4) is 0 Å². The molecule has 0 saturated carbocycles. The predicted octanol–water partition coefficient (Wildman–Crippen LogP) is 15.7. The lowest BCUT2D eigenvalue weighted by molar-refractivity contribution is 0.660. The molecule has 0 fully saturated rings. The molecule has 274 valence electrons. The molecular weight excluding hydrogens is 707 g/mol. The maximum absolute atomic E-state index is 6.58. The first-order valence-electron chi connectivity index (χ1n) is 20.0. The fourth-order valence-corrected chi connectivity index (χ4v) is 9.60. The highest BCUT2D eigenvalue weighted by Crippen LogP contribution is 2.52.